The van der Waals surface area contributed by atoms with Gasteiger partial charge in [-0.25, -0.2) is 4.98 Å². The number of ether oxygens (including phenoxy) is 2. The van der Waals surface area contributed by atoms with E-state index in [0.29, 0.717) is 18.7 Å². The standard InChI is InChI=1S/C19H19F3N2O3/c1-26-18-16(5-4-6-23-18)13-9-14(19(20,21)22)11-15(10-13)27-12-17(25)24-7-2-3-8-24/h4-6,9-11H,2-3,7-8,12H2,1H3. The largest absolute Gasteiger partial charge is 0.484 e. The first-order chi connectivity index (χ1) is 12.9. The summed E-state index contributed by atoms with van der Waals surface area (Å²) in [4.78, 5) is 17.8. The van der Waals surface area contributed by atoms with Crippen LogP contribution in [-0.2, 0) is 11.0 Å². The Morgan fingerprint density at radius 2 is 1.96 bits per heavy atom. The lowest BCUT2D eigenvalue weighted by molar-refractivity contribution is -0.137. The van der Waals surface area contributed by atoms with Gasteiger partial charge in [0.15, 0.2) is 6.61 Å². The van der Waals surface area contributed by atoms with E-state index in [2.05, 4.69) is 4.98 Å². The third-order valence-corrected chi connectivity index (χ3v) is 4.33. The fourth-order valence-corrected chi connectivity index (χ4v) is 2.98. The predicted octanol–water partition coefficient (Wildman–Crippen LogP) is 3.78. The second kappa shape index (κ2) is 7.85. The zero-order chi connectivity index (χ0) is 19.4. The maximum absolute atomic E-state index is 13.3. The fourth-order valence-electron chi connectivity index (χ4n) is 2.98. The quantitative estimate of drug-likeness (QED) is 0.792. The summed E-state index contributed by atoms with van der Waals surface area (Å²) in [6.07, 6.45) is -1.20. The summed E-state index contributed by atoms with van der Waals surface area (Å²) in [5.74, 6) is -0.0559. The first kappa shape index (κ1) is 19.0. The lowest BCUT2D eigenvalue weighted by Crippen LogP contribution is -2.32. The number of hydrogen-bond acceptors (Lipinski definition) is 4. The van der Waals surface area contributed by atoms with Gasteiger partial charge in [0.1, 0.15) is 5.75 Å². The molecule has 0 radical (unpaired) electrons. The highest BCUT2D eigenvalue weighted by Crippen LogP contribution is 2.37. The molecule has 144 valence electrons. The SMILES string of the molecule is COc1ncccc1-c1cc(OCC(=O)N2CCCC2)cc(C(F)(F)F)c1. The molecule has 8 heteroatoms. The minimum absolute atomic E-state index is 0.0294. The minimum Gasteiger partial charge on any atom is -0.484 e. The first-order valence-corrected chi connectivity index (χ1v) is 8.51. The van der Waals surface area contributed by atoms with E-state index in [4.69, 9.17) is 9.47 Å². The maximum Gasteiger partial charge on any atom is 0.416 e. The Balaban J connectivity index is 1.90. The monoisotopic (exact) mass is 380 g/mol. The molecular formula is C19H19F3N2O3. The summed E-state index contributed by atoms with van der Waals surface area (Å²) in [5.41, 5.74) is -0.213. The second-order valence-corrected chi connectivity index (χ2v) is 6.18. The summed E-state index contributed by atoms with van der Waals surface area (Å²) in [7, 11) is 1.39. The van der Waals surface area contributed by atoms with Crippen molar-refractivity contribution in [3.8, 4) is 22.8 Å². The first-order valence-electron chi connectivity index (χ1n) is 8.51. The number of aromatic nitrogens is 1. The van der Waals surface area contributed by atoms with Gasteiger partial charge >= 0.3 is 6.18 Å². The molecule has 1 fully saturated rings. The normalized spacial score (nSPS) is 14.3. The van der Waals surface area contributed by atoms with E-state index < -0.39 is 11.7 Å². The van der Waals surface area contributed by atoms with Crippen LogP contribution in [0.1, 0.15) is 18.4 Å². The molecule has 1 aromatic carbocycles. The molecule has 2 aromatic rings. The van der Waals surface area contributed by atoms with Gasteiger partial charge in [0.2, 0.25) is 5.88 Å². The molecule has 0 unspecified atom stereocenters. The van der Waals surface area contributed by atoms with Crippen LogP contribution in [0, 0.1) is 0 Å². The van der Waals surface area contributed by atoms with Crippen molar-refractivity contribution in [1.29, 1.82) is 0 Å². The Kier molecular flexibility index (Phi) is 5.53. The van der Waals surface area contributed by atoms with E-state index in [1.54, 1.807) is 17.0 Å². The molecule has 0 spiro atoms. The van der Waals surface area contributed by atoms with Crippen LogP contribution < -0.4 is 9.47 Å². The van der Waals surface area contributed by atoms with Crippen molar-refractivity contribution in [3.63, 3.8) is 0 Å². The zero-order valence-electron chi connectivity index (χ0n) is 14.8. The van der Waals surface area contributed by atoms with Gasteiger partial charge in [0, 0.05) is 24.8 Å². The molecule has 0 bridgehead atoms. The van der Waals surface area contributed by atoms with Gasteiger partial charge in [-0.15, -0.1) is 0 Å². The minimum atomic E-state index is -4.55. The summed E-state index contributed by atoms with van der Waals surface area (Å²) < 4.78 is 50.5. The Hall–Kier alpha value is -2.77. The van der Waals surface area contributed by atoms with Crippen molar-refractivity contribution >= 4 is 5.91 Å². The molecular weight excluding hydrogens is 361 g/mol. The van der Waals surface area contributed by atoms with E-state index in [1.165, 1.54) is 19.4 Å². The van der Waals surface area contributed by atoms with Gasteiger partial charge in [0.25, 0.3) is 5.91 Å². The molecule has 1 amide bonds. The summed E-state index contributed by atoms with van der Waals surface area (Å²) in [6, 6.07) is 6.57. The number of hydrogen-bond donors (Lipinski definition) is 0. The number of amides is 1. The predicted molar refractivity (Wildman–Crippen MR) is 92.5 cm³/mol. The molecule has 0 saturated carbocycles. The number of carbonyl (C=O) groups is 1. The van der Waals surface area contributed by atoms with Crippen LogP contribution in [0.15, 0.2) is 36.5 Å². The molecule has 0 atom stereocenters. The van der Waals surface area contributed by atoms with Gasteiger partial charge in [0.05, 0.1) is 12.7 Å². The third-order valence-electron chi connectivity index (χ3n) is 4.33. The van der Waals surface area contributed by atoms with E-state index in [0.717, 1.165) is 25.0 Å². The van der Waals surface area contributed by atoms with E-state index in [9.17, 15) is 18.0 Å². The number of halogens is 3. The van der Waals surface area contributed by atoms with Crippen LogP contribution >= 0.6 is 0 Å². The summed E-state index contributed by atoms with van der Waals surface area (Å²) in [6.45, 7) is 1.01. The van der Waals surface area contributed by atoms with Crippen LogP contribution in [-0.4, -0.2) is 42.6 Å². The number of likely N-dealkylation sites (tertiary alicyclic amines) is 1. The van der Waals surface area contributed by atoms with Gasteiger partial charge in [-0.05, 0) is 48.7 Å². The Morgan fingerprint density at radius 3 is 2.63 bits per heavy atom. The molecule has 0 N–H and O–H groups in total. The van der Waals surface area contributed by atoms with Gasteiger partial charge in [-0.1, -0.05) is 0 Å². The van der Waals surface area contributed by atoms with Crippen molar-refractivity contribution in [3.05, 3.63) is 42.1 Å². The van der Waals surface area contributed by atoms with E-state index in [1.807, 2.05) is 0 Å². The Labute approximate surface area is 154 Å². The number of methoxy groups -OCH3 is 1. The van der Waals surface area contributed by atoms with Crippen LogP contribution in [0.5, 0.6) is 11.6 Å². The average molecular weight is 380 g/mol. The van der Waals surface area contributed by atoms with Gasteiger partial charge in [-0.3, -0.25) is 4.79 Å². The van der Waals surface area contributed by atoms with E-state index >= 15 is 0 Å². The lowest BCUT2D eigenvalue weighted by atomic mass is 10.0. The maximum atomic E-state index is 13.3. The smallest absolute Gasteiger partial charge is 0.416 e. The molecule has 2 heterocycles. The second-order valence-electron chi connectivity index (χ2n) is 6.18. The van der Waals surface area contributed by atoms with Crippen LogP contribution in [0.2, 0.25) is 0 Å². The van der Waals surface area contributed by atoms with Crippen LogP contribution in [0.3, 0.4) is 0 Å². The van der Waals surface area contributed by atoms with Crippen LogP contribution in [0.25, 0.3) is 11.1 Å². The highest BCUT2D eigenvalue weighted by molar-refractivity contribution is 5.78. The van der Waals surface area contributed by atoms with Crippen LogP contribution in [0.4, 0.5) is 13.2 Å². The highest BCUT2D eigenvalue weighted by atomic mass is 19.4. The lowest BCUT2D eigenvalue weighted by Gasteiger charge is -2.17. The summed E-state index contributed by atoms with van der Waals surface area (Å²) >= 11 is 0. The molecule has 1 aliphatic rings. The third kappa shape index (κ3) is 4.50. The van der Waals surface area contributed by atoms with Gasteiger partial charge < -0.3 is 14.4 Å². The van der Waals surface area contributed by atoms with Gasteiger partial charge in [-0.2, -0.15) is 13.2 Å². The number of benzene rings is 1. The average Bonchev–Trinajstić information content (AvgIpc) is 3.20. The van der Waals surface area contributed by atoms with Crippen molar-refractivity contribution in [2.75, 3.05) is 26.8 Å². The fraction of sp³-hybridized carbons (Fsp3) is 0.368. The molecule has 0 aliphatic carbocycles. The number of carbonyl (C=O) groups excluding carboxylic acids is 1. The molecule has 1 aliphatic heterocycles. The molecule has 3 rings (SSSR count). The van der Waals surface area contributed by atoms with Crippen molar-refractivity contribution in [2.45, 2.75) is 19.0 Å². The number of pyridine rings is 1. The Bertz CT molecular complexity index is 818. The molecule has 5 nitrogen and oxygen atoms in total. The van der Waals surface area contributed by atoms with Crippen molar-refractivity contribution in [2.24, 2.45) is 0 Å². The van der Waals surface area contributed by atoms with Crippen molar-refractivity contribution in [1.82, 2.24) is 9.88 Å². The zero-order valence-corrected chi connectivity index (χ0v) is 14.8. The summed E-state index contributed by atoms with van der Waals surface area (Å²) in [5, 5.41) is 0. The number of rotatable bonds is 5. The molecule has 27 heavy (non-hydrogen) atoms. The topological polar surface area (TPSA) is 51.7 Å². The molecule has 1 aromatic heterocycles. The van der Waals surface area contributed by atoms with E-state index in [-0.39, 0.29) is 29.7 Å². The van der Waals surface area contributed by atoms with Crippen molar-refractivity contribution < 1.29 is 27.4 Å². The highest BCUT2D eigenvalue weighted by Gasteiger charge is 2.32. The Morgan fingerprint density at radius 1 is 1.22 bits per heavy atom. The number of nitrogens with zero attached hydrogens (tertiary/aromatic N) is 2. The number of alkyl halides is 3. The molecule has 1 saturated heterocycles.